The van der Waals surface area contributed by atoms with Crippen molar-refractivity contribution in [2.75, 3.05) is 33.4 Å². The molecule has 0 radical (unpaired) electrons. The molecule has 0 aromatic rings. The van der Waals surface area contributed by atoms with Crippen molar-refractivity contribution in [3.63, 3.8) is 0 Å². The third kappa shape index (κ3) is 4.09. The van der Waals surface area contributed by atoms with E-state index in [1.54, 1.807) is 0 Å². The van der Waals surface area contributed by atoms with Gasteiger partial charge in [-0.15, -0.1) is 0 Å². The van der Waals surface area contributed by atoms with E-state index in [-0.39, 0.29) is 0 Å². The van der Waals surface area contributed by atoms with E-state index in [0.29, 0.717) is 6.04 Å². The van der Waals surface area contributed by atoms with Crippen molar-refractivity contribution >= 4 is 0 Å². The van der Waals surface area contributed by atoms with Crippen molar-refractivity contribution in [1.29, 1.82) is 0 Å². The summed E-state index contributed by atoms with van der Waals surface area (Å²) in [5, 5.41) is 0. The van der Waals surface area contributed by atoms with Crippen LogP contribution in [0.4, 0.5) is 0 Å². The van der Waals surface area contributed by atoms with Gasteiger partial charge in [0.2, 0.25) is 0 Å². The minimum Gasteiger partial charge on any atom is -0.381 e. The van der Waals surface area contributed by atoms with Crippen molar-refractivity contribution < 1.29 is 4.74 Å². The van der Waals surface area contributed by atoms with Crippen molar-refractivity contribution in [2.24, 2.45) is 11.7 Å². The summed E-state index contributed by atoms with van der Waals surface area (Å²) in [6, 6.07) is 0.556. The molecule has 0 aromatic heterocycles. The molecule has 2 N–H and O–H groups in total. The fourth-order valence-corrected chi connectivity index (χ4v) is 2.41. The van der Waals surface area contributed by atoms with Crippen LogP contribution in [0.1, 0.15) is 32.6 Å². The maximum atomic E-state index is 5.89. The molecule has 0 saturated carbocycles. The molecule has 0 spiro atoms. The first-order valence-electron chi connectivity index (χ1n) is 6.27. The lowest BCUT2D eigenvalue weighted by atomic mass is 9.90. The van der Waals surface area contributed by atoms with Crippen LogP contribution in [-0.2, 0) is 4.74 Å². The number of ether oxygens (including phenoxy) is 1. The summed E-state index contributed by atoms with van der Waals surface area (Å²) >= 11 is 0. The molecule has 90 valence electrons. The fourth-order valence-electron chi connectivity index (χ4n) is 2.41. The van der Waals surface area contributed by atoms with Crippen LogP contribution in [0.3, 0.4) is 0 Å². The first-order chi connectivity index (χ1) is 7.29. The predicted octanol–water partition coefficient (Wildman–Crippen LogP) is 1.47. The van der Waals surface area contributed by atoms with Gasteiger partial charge in [-0.2, -0.15) is 0 Å². The van der Waals surface area contributed by atoms with Gasteiger partial charge in [-0.3, -0.25) is 0 Å². The molecule has 3 heteroatoms. The van der Waals surface area contributed by atoms with E-state index in [1.807, 2.05) is 0 Å². The number of rotatable bonds is 6. The highest BCUT2D eigenvalue weighted by Gasteiger charge is 2.25. The minimum atomic E-state index is 0.556. The monoisotopic (exact) mass is 214 g/mol. The third-order valence-electron chi connectivity index (χ3n) is 3.48. The zero-order chi connectivity index (χ0) is 11.1. The van der Waals surface area contributed by atoms with Gasteiger partial charge < -0.3 is 15.4 Å². The van der Waals surface area contributed by atoms with Crippen LogP contribution in [0.5, 0.6) is 0 Å². The summed E-state index contributed by atoms with van der Waals surface area (Å²) in [5.41, 5.74) is 5.89. The number of nitrogens with zero attached hydrogens (tertiary/aromatic N) is 1. The first-order valence-corrected chi connectivity index (χ1v) is 6.27. The van der Waals surface area contributed by atoms with E-state index >= 15 is 0 Å². The molecular formula is C12H26N2O. The second kappa shape index (κ2) is 7.20. The second-order valence-electron chi connectivity index (χ2n) is 4.59. The third-order valence-corrected chi connectivity index (χ3v) is 3.48. The molecular weight excluding hydrogens is 188 g/mol. The zero-order valence-corrected chi connectivity index (χ0v) is 10.2. The predicted molar refractivity (Wildman–Crippen MR) is 63.9 cm³/mol. The summed E-state index contributed by atoms with van der Waals surface area (Å²) in [4.78, 5) is 2.44. The Bertz CT molecular complexity index is 158. The van der Waals surface area contributed by atoms with Crippen LogP contribution in [0.25, 0.3) is 0 Å². The highest BCUT2D eigenvalue weighted by Crippen LogP contribution is 2.21. The Morgan fingerprint density at radius 1 is 1.40 bits per heavy atom. The normalized spacial score (nSPS) is 20.8. The molecule has 15 heavy (non-hydrogen) atoms. The molecule has 0 aliphatic carbocycles. The Morgan fingerprint density at radius 3 is 2.60 bits per heavy atom. The molecule has 0 amide bonds. The summed E-state index contributed by atoms with van der Waals surface area (Å²) < 4.78 is 5.40. The molecule has 1 aliphatic rings. The smallest absolute Gasteiger partial charge is 0.0469 e. The largest absolute Gasteiger partial charge is 0.381 e. The van der Waals surface area contributed by atoms with Gasteiger partial charge in [0.1, 0.15) is 0 Å². The molecule has 1 aliphatic heterocycles. The van der Waals surface area contributed by atoms with E-state index in [9.17, 15) is 0 Å². The van der Waals surface area contributed by atoms with Gasteiger partial charge in [0.05, 0.1) is 0 Å². The van der Waals surface area contributed by atoms with E-state index in [2.05, 4.69) is 18.9 Å². The van der Waals surface area contributed by atoms with Crippen LogP contribution >= 0.6 is 0 Å². The lowest BCUT2D eigenvalue weighted by Crippen LogP contribution is -2.45. The molecule has 1 rings (SSSR count). The lowest BCUT2D eigenvalue weighted by Gasteiger charge is -2.36. The van der Waals surface area contributed by atoms with Crippen molar-refractivity contribution in [2.45, 2.75) is 38.6 Å². The molecule has 1 saturated heterocycles. The van der Waals surface area contributed by atoms with Crippen molar-refractivity contribution in [3.05, 3.63) is 0 Å². The quantitative estimate of drug-likeness (QED) is 0.728. The highest BCUT2D eigenvalue weighted by molar-refractivity contribution is 4.80. The standard InChI is InChI=1S/C12H26N2O/c1-3-4-7-14(2)12(10-13)11-5-8-15-9-6-11/h11-12H,3-10,13H2,1-2H3. The fraction of sp³-hybridized carbons (Fsp3) is 1.00. The van der Waals surface area contributed by atoms with Gasteiger partial charge in [0.25, 0.3) is 0 Å². The highest BCUT2D eigenvalue weighted by atomic mass is 16.5. The average Bonchev–Trinajstić information content (AvgIpc) is 2.29. The van der Waals surface area contributed by atoms with Crippen LogP contribution in [0.2, 0.25) is 0 Å². The molecule has 1 unspecified atom stereocenters. The Hall–Kier alpha value is -0.120. The van der Waals surface area contributed by atoms with E-state index < -0.39 is 0 Å². The molecule has 3 nitrogen and oxygen atoms in total. The SMILES string of the molecule is CCCCN(C)C(CN)C1CCOCC1. The maximum Gasteiger partial charge on any atom is 0.0469 e. The van der Waals surface area contributed by atoms with Crippen LogP contribution < -0.4 is 5.73 Å². The average molecular weight is 214 g/mol. The Labute approximate surface area is 94.0 Å². The minimum absolute atomic E-state index is 0.556. The molecule has 1 atom stereocenters. The summed E-state index contributed by atoms with van der Waals surface area (Å²) in [7, 11) is 2.21. The van der Waals surface area contributed by atoms with Crippen LogP contribution in [0.15, 0.2) is 0 Å². The second-order valence-corrected chi connectivity index (χ2v) is 4.59. The van der Waals surface area contributed by atoms with Gasteiger partial charge in [0, 0.05) is 25.8 Å². The van der Waals surface area contributed by atoms with E-state index in [4.69, 9.17) is 10.5 Å². The van der Waals surface area contributed by atoms with E-state index in [1.165, 1.54) is 32.2 Å². The first kappa shape index (κ1) is 12.9. The van der Waals surface area contributed by atoms with Gasteiger partial charge >= 0.3 is 0 Å². The summed E-state index contributed by atoms with van der Waals surface area (Å²) in [6.07, 6.45) is 4.89. The summed E-state index contributed by atoms with van der Waals surface area (Å²) in [6.45, 7) is 6.03. The van der Waals surface area contributed by atoms with Crippen molar-refractivity contribution in [3.8, 4) is 0 Å². The number of nitrogens with two attached hydrogens (primary N) is 1. The summed E-state index contributed by atoms with van der Waals surface area (Å²) in [5.74, 6) is 0.741. The van der Waals surface area contributed by atoms with Crippen LogP contribution in [-0.4, -0.2) is 44.3 Å². The van der Waals surface area contributed by atoms with Crippen LogP contribution in [0, 0.1) is 5.92 Å². The number of hydrogen-bond acceptors (Lipinski definition) is 3. The Balaban J connectivity index is 2.37. The lowest BCUT2D eigenvalue weighted by molar-refractivity contribution is 0.0335. The zero-order valence-electron chi connectivity index (χ0n) is 10.2. The van der Waals surface area contributed by atoms with Crippen molar-refractivity contribution in [1.82, 2.24) is 4.90 Å². The van der Waals surface area contributed by atoms with E-state index in [0.717, 1.165) is 25.7 Å². The molecule has 1 fully saturated rings. The Morgan fingerprint density at radius 2 is 2.07 bits per heavy atom. The van der Waals surface area contributed by atoms with Gasteiger partial charge in [-0.1, -0.05) is 13.3 Å². The molecule has 0 aromatic carbocycles. The molecule has 0 bridgehead atoms. The molecule has 1 heterocycles. The number of hydrogen-bond donors (Lipinski definition) is 1. The maximum absolute atomic E-state index is 5.89. The van der Waals surface area contributed by atoms with Gasteiger partial charge in [-0.25, -0.2) is 0 Å². The Kier molecular flexibility index (Phi) is 6.22. The topological polar surface area (TPSA) is 38.5 Å². The van der Waals surface area contributed by atoms with Gasteiger partial charge in [0.15, 0.2) is 0 Å². The van der Waals surface area contributed by atoms with Gasteiger partial charge in [-0.05, 0) is 38.8 Å². The number of likely N-dealkylation sites (N-methyl/N-ethyl adjacent to an activating group) is 1. The number of unbranched alkanes of at least 4 members (excludes halogenated alkanes) is 1.